The fraction of sp³-hybridized carbons (Fsp3) is 0.200. The average molecular weight is 605 g/mol. The smallest absolute Gasteiger partial charge is 0.229 e. The van der Waals surface area contributed by atoms with Crippen molar-refractivity contribution in [2.24, 2.45) is 0 Å². The number of nitrogens with one attached hydrogen (secondary N) is 2. The Labute approximate surface area is 247 Å². The molecule has 1 fully saturated rings. The Morgan fingerprint density at radius 2 is 1.86 bits per heavy atom. The summed E-state index contributed by atoms with van der Waals surface area (Å²) in [5.41, 5.74) is 9.95. The van der Waals surface area contributed by atoms with Gasteiger partial charge < -0.3 is 25.1 Å². The number of ether oxygens (including phenoxy) is 2. The third kappa shape index (κ3) is 5.76. The van der Waals surface area contributed by atoms with Crippen LogP contribution in [0.5, 0.6) is 11.5 Å². The number of hydrogen-bond acceptors (Lipinski definition) is 8. The first-order chi connectivity index (χ1) is 20.6. The maximum Gasteiger partial charge on any atom is 0.229 e. The molecule has 2 aromatic heterocycles. The van der Waals surface area contributed by atoms with Crippen molar-refractivity contribution < 1.29 is 27.1 Å². The van der Waals surface area contributed by atoms with E-state index in [-0.39, 0.29) is 28.6 Å². The van der Waals surface area contributed by atoms with Crippen molar-refractivity contribution in [1.82, 2.24) is 14.8 Å². The number of aromatic amines is 1. The van der Waals surface area contributed by atoms with Gasteiger partial charge in [-0.25, -0.2) is 17.5 Å². The molecule has 43 heavy (non-hydrogen) atoms. The molecule has 3 heterocycles. The number of nitrogens with two attached hydrogens (primary N) is 1. The summed E-state index contributed by atoms with van der Waals surface area (Å²) in [5.74, 6) is -0.158. The van der Waals surface area contributed by atoms with Crippen LogP contribution in [0, 0.1) is 12.7 Å². The first-order valence-electron chi connectivity index (χ1n) is 13.5. The van der Waals surface area contributed by atoms with Crippen LogP contribution < -0.4 is 20.1 Å². The third-order valence-electron chi connectivity index (χ3n) is 7.14. The molecule has 0 saturated carbocycles. The molecule has 11 nitrogen and oxygen atoms in total. The van der Waals surface area contributed by atoms with Crippen LogP contribution in [0.3, 0.4) is 0 Å². The lowest BCUT2D eigenvalue weighted by Gasteiger charge is -2.30. The number of H-pyrrole nitrogens is 1. The maximum atomic E-state index is 14.0. The molecule has 1 saturated heterocycles. The highest BCUT2D eigenvalue weighted by atomic mass is 32.2. The summed E-state index contributed by atoms with van der Waals surface area (Å²) in [5, 5.41) is 5.10. The molecule has 222 valence electrons. The summed E-state index contributed by atoms with van der Waals surface area (Å²) in [4.78, 5) is 18.7. The quantitative estimate of drug-likeness (QED) is 0.218. The number of nitrogen functional groups attached to an aromatic ring is 1. The van der Waals surface area contributed by atoms with E-state index in [2.05, 4.69) is 14.8 Å². The molecule has 0 unspecified atom stereocenters. The number of fused-ring (bicyclic) bond motifs is 1. The second-order valence-electron chi connectivity index (χ2n) is 10.3. The van der Waals surface area contributed by atoms with Crippen LogP contribution in [0.4, 0.5) is 21.6 Å². The number of aromatic nitrogens is 3. The van der Waals surface area contributed by atoms with Crippen LogP contribution in [-0.2, 0) is 14.8 Å². The van der Waals surface area contributed by atoms with E-state index in [1.807, 2.05) is 17.9 Å². The van der Waals surface area contributed by atoms with E-state index in [4.69, 9.17) is 15.2 Å². The monoisotopic (exact) mass is 604 g/mol. The Bertz CT molecular complexity index is 1960. The highest BCUT2D eigenvalue weighted by Crippen LogP contribution is 2.34. The number of halogens is 1. The number of anilines is 3. The number of para-hydroxylation sites is 1. The third-order valence-corrected chi connectivity index (χ3v) is 7.73. The average Bonchev–Trinajstić information content (AvgIpc) is 3.56. The van der Waals surface area contributed by atoms with E-state index in [9.17, 15) is 17.6 Å². The zero-order valence-electron chi connectivity index (χ0n) is 23.4. The van der Waals surface area contributed by atoms with E-state index in [0.717, 1.165) is 17.2 Å². The van der Waals surface area contributed by atoms with Gasteiger partial charge in [0.2, 0.25) is 15.8 Å². The summed E-state index contributed by atoms with van der Waals surface area (Å²) >= 11 is 0. The number of rotatable bonds is 8. The minimum Gasteiger partial charge on any atom is -0.454 e. The number of morpholine rings is 1. The lowest BCUT2D eigenvalue weighted by atomic mass is 10.1. The van der Waals surface area contributed by atoms with Gasteiger partial charge in [-0.3, -0.25) is 9.52 Å². The number of hydrogen-bond donors (Lipinski definition) is 3. The van der Waals surface area contributed by atoms with Gasteiger partial charge >= 0.3 is 0 Å². The van der Waals surface area contributed by atoms with Crippen LogP contribution in [0.1, 0.15) is 21.6 Å². The molecule has 0 spiro atoms. The molecule has 13 heteroatoms. The lowest BCUT2D eigenvalue weighted by Crippen LogP contribution is -2.36. The van der Waals surface area contributed by atoms with Crippen molar-refractivity contribution >= 4 is 43.9 Å². The molecule has 1 aliphatic rings. The fourth-order valence-corrected chi connectivity index (χ4v) is 5.65. The van der Waals surface area contributed by atoms with Gasteiger partial charge in [0.25, 0.3) is 0 Å². The van der Waals surface area contributed by atoms with Crippen LogP contribution in [0.15, 0.2) is 66.9 Å². The van der Waals surface area contributed by atoms with Gasteiger partial charge in [0.1, 0.15) is 11.6 Å². The number of benzene rings is 3. The SMILES string of the molecule is Cc1cc(Oc2ccccc2F)ccc1-n1ncc(C(=O)c2cc3cc(N4CCOCC4)c(NS(C)(=O)=O)cc3[nH]2)c1N. The van der Waals surface area contributed by atoms with Crippen LogP contribution in [-0.4, -0.2) is 61.5 Å². The van der Waals surface area contributed by atoms with E-state index in [0.29, 0.717) is 54.6 Å². The summed E-state index contributed by atoms with van der Waals surface area (Å²) in [6.45, 7) is 4.09. The van der Waals surface area contributed by atoms with Gasteiger partial charge in [0.15, 0.2) is 11.6 Å². The number of carbonyl (C=O) groups excluding carboxylic acids is 1. The molecule has 0 bridgehead atoms. The standard InChI is InChI=1S/C30H29FN6O5S/c1-18-13-20(42-28-6-4-3-5-22(28)31)7-8-26(18)37-30(32)21(17-33-37)29(38)25-14-19-15-27(36-9-11-41-12-10-36)24(16-23(19)34-25)35-43(2,39)40/h3-8,13-17,34-35H,9-12,32H2,1-2H3. The maximum absolute atomic E-state index is 14.0. The van der Waals surface area contributed by atoms with Gasteiger partial charge in [0.05, 0.1) is 54.0 Å². The van der Waals surface area contributed by atoms with Gasteiger partial charge in [-0.2, -0.15) is 5.10 Å². The Kier molecular flexibility index (Phi) is 7.28. The predicted molar refractivity (Wildman–Crippen MR) is 162 cm³/mol. The van der Waals surface area contributed by atoms with Gasteiger partial charge in [0, 0.05) is 24.0 Å². The number of sulfonamides is 1. The van der Waals surface area contributed by atoms with Crippen molar-refractivity contribution in [2.75, 3.05) is 47.9 Å². The van der Waals surface area contributed by atoms with E-state index < -0.39 is 15.8 Å². The minimum atomic E-state index is -3.55. The molecule has 0 atom stereocenters. The molecule has 0 aliphatic carbocycles. The molecule has 6 rings (SSSR count). The Balaban J connectivity index is 1.30. The van der Waals surface area contributed by atoms with E-state index in [1.165, 1.54) is 16.9 Å². The number of aryl methyl sites for hydroxylation is 1. The normalized spacial score (nSPS) is 13.8. The number of carbonyl (C=O) groups is 1. The van der Waals surface area contributed by atoms with Crippen molar-refractivity contribution in [3.05, 3.63) is 89.5 Å². The summed E-state index contributed by atoms with van der Waals surface area (Å²) in [7, 11) is -3.55. The van der Waals surface area contributed by atoms with Crippen LogP contribution in [0.25, 0.3) is 16.6 Å². The van der Waals surface area contributed by atoms with E-state index in [1.54, 1.807) is 48.5 Å². The Hall–Kier alpha value is -4.88. The molecular weight excluding hydrogens is 575 g/mol. The van der Waals surface area contributed by atoms with Crippen LogP contribution in [0.2, 0.25) is 0 Å². The Morgan fingerprint density at radius 3 is 2.58 bits per heavy atom. The molecule has 0 amide bonds. The lowest BCUT2D eigenvalue weighted by molar-refractivity contribution is 0.103. The van der Waals surface area contributed by atoms with Crippen LogP contribution >= 0.6 is 0 Å². The molecule has 1 aliphatic heterocycles. The molecule has 4 N–H and O–H groups in total. The summed E-state index contributed by atoms with van der Waals surface area (Å²) in [6.07, 6.45) is 2.50. The van der Waals surface area contributed by atoms with E-state index >= 15 is 0 Å². The molecular formula is C30H29FN6O5S. The van der Waals surface area contributed by atoms with Crippen molar-refractivity contribution in [3.8, 4) is 17.2 Å². The first kappa shape index (κ1) is 28.2. The van der Waals surface area contributed by atoms with Crippen molar-refractivity contribution in [1.29, 1.82) is 0 Å². The molecule has 3 aromatic carbocycles. The van der Waals surface area contributed by atoms with Gasteiger partial charge in [-0.05, 0) is 61.0 Å². The highest BCUT2D eigenvalue weighted by Gasteiger charge is 2.23. The van der Waals surface area contributed by atoms with Crippen molar-refractivity contribution in [2.45, 2.75) is 6.92 Å². The molecule has 0 radical (unpaired) electrons. The van der Waals surface area contributed by atoms with Crippen molar-refractivity contribution in [3.63, 3.8) is 0 Å². The number of nitrogens with zero attached hydrogens (tertiary/aromatic N) is 3. The Morgan fingerprint density at radius 1 is 1.09 bits per heavy atom. The molecule has 5 aromatic rings. The van der Waals surface area contributed by atoms with Gasteiger partial charge in [-0.1, -0.05) is 12.1 Å². The second kappa shape index (κ2) is 11.1. The highest BCUT2D eigenvalue weighted by molar-refractivity contribution is 7.92. The first-order valence-corrected chi connectivity index (χ1v) is 15.4. The fourth-order valence-electron chi connectivity index (χ4n) is 5.09. The predicted octanol–water partition coefficient (Wildman–Crippen LogP) is 4.61. The zero-order chi connectivity index (χ0) is 30.3. The topological polar surface area (TPSA) is 145 Å². The number of ketones is 1. The van der Waals surface area contributed by atoms with Gasteiger partial charge in [-0.15, -0.1) is 0 Å². The minimum absolute atomic E-state index is 0.107. The summed E-state index contributed by atoms with van der Waals surface area (Å²) < 4.78 is 53.4. The second-order valence-corrected chi connectivity index (χ2v) is 12.0. The zero-order valence-corrected chi connectivity index (χ0v) is 24.2. The summed E-state index contributed by atoms with van der Waals surface area (Å²) in [6, 6.07) is 16.5. The largest absolute Gasteiger partial charge is 0.454 e.